The Kier molecular flexibility index (Phi) is 3.47. The lowest BCUT2D eigenvalue weighted by molar-refractivity contribution is 0.100. The molecule has 0 saturated carbocycles. The molecule has 2 rings (SSSR count). The number of pyridine rings is 1. The summed E-state index contributed by atoms with van der Waals surface area (Å²) in [5, 5.41) is 0. The van der Waals surface area contributed by atoms with Crippen LogP contribution in [0.4, 0.5) is 0 Å². The second-order valence-corrected chi connectivity index (χ2v) is 4.90. The lowest BCUT2D eigenvalue weighted by atomic mass is 10.2. The lowest BCUT2D eigenvalue weighted by Crippen LogP contribution is -2.19. The Morgan fingerprint density at radius 3 is 2.83 bits per heavy atom. The van der Waals surface area contributed by atoms with Gasteiger partial charge in [-0.25, -0.2) is 4.98 Å². The number of aromatic nitrogens is 2. The van der Waals surface area contributed by atoms with Gasteiger partial charge in [-0.05, 0) is 35.0 Å². The molecule has 0 aromatic carbocycles. The third-order valence-electron chi connectivity index (χ3n) is 2.62. The summed E-state index contributed by atoms with van der Waals surface area (Å²) < 4.78 is 2.61. The van der Waals surface area contributed by atoms with Crippen LogP contribution in [0.25, 0.3) is 5.65 Å². The molecule has 2 aromatic rings. The molecule has 6 heteroatoms. The molecule has 0 unspecified atom stereocenters. The SMILES string of the molecule is CC(=NC(=O)c1ccc2ncc(Br)n2c1)N(C)C. The first kappa shape index (κ1) is 12.8. The van der Waals surface area contributed by atoms with Crippen molar-refractivity contribution in [2.24, 2.45) is 4.99 Å². The maximum Gasteiger partial charge on any atom is 0.280 e. The van der Waals surface area contributed by atoms with Gasteiger partial charge in [0.05, 0.1) is 11.8 Å². The van der Waals surface area contributed by atoms with Crippen LogP contribution >= 0.6 is 15.9 Å². The molecule has 0 aliphatic heterocycles. The Morgan fingerprint density at radius 1 is 1.44 bits per heavy atom. The van der Waals surface area contributed by atoms with Crippen LogP contribution < -0.4 is 0 Å². The van der Waals surface area contributed by atoms with Gasteiger partial charge in [0.1, 0.15) is 16.1 Å². The molecule has 5 nitrogen and oxygen atoms in total. The Labute approximate surface area is 113 Å². The Morgan fingerprint density at radius 2 is 2.17 bits per heavy atom. The predicted molar refractivity (Wildman–Crippen MR) is 74.0 cm³/mol. The van der Waals surface area contributed by atoms with Crippen LogP contribution in [0.1, 0.15) is 17.3 Å². The average molecular weight is 309 g/mol. The molecule has 0 spiro atoms. The molecule has 0 aliphatic carbocycles. The highest BCUT2D eigenvalue weighted by Gasteiger charge is 2.08. The van der Waals surface area contributed by atoms with Crippen LogP contribution in [0, 0.1) is 0 Å². The molecule has 18 heavy (non-hydrogen) atoms. The summed E-state index contributed by atoms with van der Waals surface area (Å²) in [6.45, 7) is 1.80. The molecular weight excluding hydrogens is 296 g/mol. The van der Waals surface area contributed by atoms with Crippen LogP contribution in [0.3, 0.4) is 0 Å². The van der Waals surface area contributed by atoms with E-state index in [9.17, 15) is 4.79 Å². The highest BCUT2D eigenvalue weighted by molar-refractivity contribution is 9.10. The van der Waals surface area contributed by atoms with E-state index in [0.717, 1.165) is 10.3 Å². The summed E-state index contributed by atoms with van der Waals surface area (Å²) in [7, 11) is 3.70. The Balaban J connectivity index is 2.39. The number of aliphatic imine (C=N–C) groups is 1. The molecule has 2 aromatic heterocycles. The molecule has 0 radical (unpaired) electrons. The molecular formula is C12H13BrN4O. The van der Waals surface area contributed by atoms with Crippen LogP contribution in [0.5, 0.6) is 0 Å². The number of hydrogen-bond donors (Lipinski definition) is 0. The van der Waals surface area contributed by atoms with Gasteiger partial charge in [0.25, 0.3) is 5.91 Å². The largest absolute Gasteiger partial charge is 0.366 e. The van der Waals surface area contributed by atoms with E-state index in [1.165, 1.54) is 0 Å². The van der Waals surface area contributed by atoms with Crippen molar-refractivity contribution in [2.75, 3.05) is 14.1 Å². The molecule has 2 heterocycles. The van der Waals surface area contributed by atoms with Crippen molar-refractivity contribution in [2.45, 2.75) is 6.92 Å². The van der Waals surface area contributed by atoms with Crippen molar-refractivity contribution in [3.05, 3.63) is 34.7 Å². The first-order chi connectivity index (χ1) is 8.49. The van der Waals surface area contributed by atoms with E-state index in [1.54, 1.807) is 40.8 Å². The summed E-state index contributed by atoms with van der Waals surface area (Å²) >= 11 is 3.37. The summed E-state index contributed by atoms with van der Waals surface area (Å²) in [6, 6.07) is 3.52. The fourth-order valence-electron chi connectivity index (χ4n) is 1.39. The van der Waals surface area contributed by atoms with Crippen LogP contribution in [0.15, 0.2) is 34.1 Å². The minimum absolute atomic E-state index is 0.260. The van der Waals surface area contributed by atoms with Crippen molar-refractivity contribution < 1.29 is 4.79 Å². The highest BCUT2D eigenvalue weighted by Crippen LogP contribution is 2.14. The fourth-order valence-corrected chi connectivity index (χ4v) is 1.78. The van der Waals surface area contributed by atoms with Gasteiger partial charge in [0, 0.05) is 20.3 Å². The molecule has 0 saturated heterocycles. The summed E-state index contributed by atoms with van der Waals surface area (Å²) in [4.78, 5) is 22.0. The summed E-state index contributed by atoms with van der Waals surface area (Å²) in [5.41, 5.74) is 1.31. The van der Waals surface area contributed by atoms with Gasteiger partial charge < -0.3 is 4.90 Å². The van der Waals surface area contributed by atoms with Gasteiger partial charge in [-0.1, -0.05) is 0 Å². The first-order valence-electron chi connectivity index (χ1n) is 5.38. The number of hydrogen-bond acceptors (Lipinski definition) is 2. The Bertz CT molecular complexity index is 630. The van der Waals surface area contributed by atoms with E-state index in [2.05, 4.69) is 25.9 Å². The number of carbonyl (C=O) groups is 1. The van der Waals surface area contributed by atoms with Gasteiger partial charge in [-0.2, -0.15) is 4.99 Å². The van der Waals surface area contributed by atoms with Gasteiger partial charge in [0.2, 0.25) is 0 Å². The maximum atomic E-state index is 12.0. The minimum atomic E-state index is -0.260. The third kappa shape index (κ3) is 2.43. The second-order valence-electron chi connectivity index (χ2n) is 4.09. The number of amides is 1. The normalized spacial score (nSPS) is 11.9. The quantitative estimate of drug-likeness (QED) is 0.599. The first-order valence-corrected chi connectivity index (χ1v) is 6.18. The Hall–Kier alpha value is -1.69. The highest BCUT2D eigenvalue weighted by atomic mass is 79.9. The lowest BCUT2D eigenvalue weighted by Gasteiger charge is -2.10. The van der Waals surface area contributed by atoms with Crippen molar-refractivity contribution in [3.8, 4) is 0 Å². The van der Waals surface area contributed by atoms with E-state index in [0.29, 0.717) is 11.4 Å². The smallest absolute Gasteiger partial charge is 0.280 e. The summed E-state index contributed by atoms with van der Waals surface area (Å²) in [5.74, 6) is 0.411. The zero-order valence-corrected chi connectivity index (χ0v) is 12.0. The van der Waals surface area contributed by atoms with Gasteiger partial charge in [-0.15, -0.1) is 0 Å². The molecule has 0 bridgehead atoms. The zero-order valence-electron chi connectivity index (χ0n) is 10.4. The van der Waals surface area contributed by atoms with Crippen molar-refractivity contribution in [1.29, 1.82) is 0 Å². The number of fused-ring (bicyclic) bond motifs is 1. The molecule has 0 fully saturated rings. The van der Waals surface area contributed by atoms with Gasteiger partial charge >= 0.3 is 0 Å². The van der Waals surface area contributed by atoms with Crippen LogP contribution in [0.2, 0.25) is 0 Å². The zero-order chi connectivity index (χ0) is 13.3. The third-order valence-corrected chi connectivity index (χ3v) is 3.20. The standard InChI is InChI=1S/C12H13BrN4O/c1-8(16(2)3)15-12(18)9-4-5-11-14-6-10(13)17(11)7-9/h4-7H,1-3H3. The summed E-state index contributed by atoms with van der Waals surface area (Å²) in [6.07, 6.45) is 3.42. The van der Waals surface area contributed by atoms with Gasteiger partial charge in [0.15, 0.2) is 0 Å². The monoisotopic (exact) mass is 308 g/mol. The van der Waals surface area contributed by atoms with Crippen molar-refractivity contribution in [1.82, 2.24) is 14.3 Å². The topological polar surface area (TPSA) is 50.0 Å². The fraction of sp³-hybridized carbons (Fsp3) is 0.250. The van der Waals surface area contributed by atoms with Crippen molar-refractivity contribution >= 4 is 33.3 Å². The maximum absolute atomic E-state index is 12.0. The molecule has 94 valence electrons. The number of halogens is 1. The van der Waals surface area contributed by atoms with E-state index in [1.807, 2.05) is 14.1 Å². The molecule has 0 aliphatic rings. The van der Waals surface area contributed by atoms with E-state index in [-0.39, 0.29) is 5.91 Å². The van der Waals surface area contributed by atoms with E-state index < -0.39 is 0 Å². The van der Waals surface area contributed by atoms with Crippen molar-refractivity contribution in [3.63, 3.8) is 0 Å². The van der Waals surface area contributed by atoms with Crippen LogP contribution in [-0.4, -0.2) is 40.1 Å². The molecule has 0 atom stereocenters. The number of imidazole rings is 1. The van der Waals surface area contributed by atoms with Gasteiger partial charge in [-0.3, -0.25) is 9.20 Å². The van der Waals surface area contributed by atoms with E-state index >= 15 is 0 Å². The second kappa shape index (κ2) is 4.89. The number of rotatable bonds is 1. The minimum Gasteiger partial charge on any atom is -0.366 e. The number of nitrogens with zero attached hydrogens (tertiary/aromatic N) is 4. The number of carbonyl (C=O) groups excluding carboxylic acids is 1. The predicted octanol–water partition coefficient (Wildman–Crippen LogP) is 2.22. The molecule has 1 amide bonds. The molecule has 0 N–H and O–H groups in total. The van der Waals surface area contributed by atoms with Crippen LogP contribution in [-0.2, 0) is 0 Å². The number of amidine groups is 1. The van der Waals surface area contributed by atoms with E-state index in [4.69, 9.17) is 0 Å². The average Bonchev–Trinajstić information content (AvgIpc) is 2.70.